The van der Waals surface area contributed by atoms with Gasteiger partial charge in [-0.3, -0.25) is 10.1 Å². The summed E-state index contributed by atoms with van der Waals surface area (Å²) in [4.78, 5) is 10.3. The quantitative estimate of drug-likeness (QED) is 0.574. The van der Waals surface area contributed by atoms with Crippen LogP contribution in [0.15, 0.2) is 29.2 Å². The molecule has 1 saturated heterocycles. The van der Waals surface area contributed by atoms with E-state index in [9.17, 15) is 18.5 Å². The normalized spacial score (nSPS) is 18.3. The Bertz CT molecular complexity index is 971. The lowest BCUT2D eigenvalue weighted by atomic mass is 9.97. The first kappa shape index (κ1) is 20.6. The molecule has 2 aliphatic rings. The minimum absolute atomic E-state index is 0. The van der Waals surface area contributed by atoms with Crippen LogP contribution in [0.3, 0.4) is 0 Å². The third-order valence-electron chi connectivity index (χ3n) is 5.15. The van der Waals surface area contributed by atoms with Crippen LogP contribution in [0, 0.1) is 10.1 Å². The summed E-state index contributed by atoms with van der Waals surface area (Å²) in [5.41, 5.74) is -0.390. The summed E-state index contributed by atoms with van der Waals surface area (Å²) < 4.78 is 29.3. The smallest absolute Gasteiger partial charge is 0.289 e. The Kier molecular flexibility index (Phi) is 5.98. The molecule has 0 saturated carbocycles. The highest BCUT2D eigenvalue weighted by Crippen LogP contribution is 2.32. The highest BCUT2D eigenvalue weighted by atomic mass is 35.5. The predicted molar refractivity (Wildman–Crippen MR) is 103 cm³/mol. The Morgan fingerprint density at radius 2 is 1.86 bits per heavy atom. The Morgan fingerprint density at radius 1 is 1.14 bits per heavy atom. The van der Waals surface area contributed by atoms with E-state index in [0.29, 0.717) is 32.5 Å². The lowest BCUT2D eigenvalue weighted by Crippen LogP contribution is -2.39. The first-order valence-corrected chi connectivity index (χ1v) is 10.3. The molecule has 0 unspecified atom stereocenters. The Labute approximate surface area is 168 Å². The van der Waals surface area contributed by atoms with Gasteiger partial charge in [0.1, 0.15) is 11.6 Å². The van der Waals surface area contributed by atoms with Gasteiger partial charge in [-0.15, -0.1) is 22.6 Å². The van der Waals surface area contributed by atoms with Gasteiger partial charge in [-0.25, -0.2) is 8.42 Å². The van der Waals surface area contributed by atoms with Gasteiger partial charge in [-0.1, -0.05) is 12.1 Å². The number of nitro benzene ring substituents is 1. The van der Waals surface area contributed by atoms with E-state index in [1.165, 1.54) is 28.6 Å². The molecule has 1 N–H and O–H groups in total. The number of fused-ring (bicyclic) bond motifs is 1. The first-order valence-electron chi connectivity index (χ1n) is 8.85. The predicted octanol–water partition coefficient (Wildman–Crippen LogP) is 1.28. The van der Waals surface area contributed by atoms with Gasteiger partial charge in [0.05, 0.1) is 11.5 Å². The second-order valence-corrected chi connectivity index (χ2v) is 8.61. The molecule has 4 rings (SSSR count). The number of para-hydroxylation sites is 1. The zero-order valence-corrected chi connectivity index (χ0v) is 16.7. The van der Waals surface area contributed by atoms with Crippen molar-refractivity contribution in [3.05, 3.63) is 46.0 Å². The number of sulfonamides is 1. The maximum absolute atomic E-state index is 12.9. The fourth-order valence-electron chi connectivity index (χ4n) is 3.74. The van der Waals surface area contributed by atoms with Gasteiger partial charge < -0.3 is 9.88 Å². The van der Waals surface area contributed by atoms with Crippen LogP contribution in [0.25, 0.3) is 0 Å². The monoisotopic (exact) mass is 428 g/mol. The molecule has 3 heterocycles. The SMILES string of the molecule is Cl.O=[N+]([O-])c1ccccc1S(=O)(=O)N1CCC(c2nnc3n2CCNC3)CC1. The Balaban J connectivity index is 0.00000225. The fraction of sp³-hybridized carbons (Fsp3) is 0.500. The molecule has 0 bridgehead atoms. The van der Waals surface area contributed by atoms with E-state index in [0.717, 1.165) is 24.7 Å². The lowest BCUT2D eigenvalue weighted by molar-refractivity contribution is -0.387. The topological polar surface area (TPSA) is 123 Å². The summed E-state index contributed by atoms with van der Waals surface area (Å²) in [6.07, 6.45) is 1.23. The molecule has 152 valence electrons. The summed E-state index contributed by atoms with van der Waals surface area (Å²) in [6, 6.07) is 5.48. The van der Waals surface area contributed by atoms with Crippen LogP contribution in [0.2, 0.25) is 0 Å². The van der Waals surface area contributed by atoms with Crippen LogP contribution in [-0.4, -0.2) is 52.0 Å². The van der Waals surface area contributed by atoms with Gasteiger partial charge in [0.25, 0.3) is 5.69 Å². The number of halogens is 1. The van der Waals surface area contributed by atoms with Gasteiger partial charge in [-0.05, 0) is 18.9 Å². The number of benzene rings is 1. The molecule has 1 aromatic carbocycles. The van der Waals surface area contributed by atoms with Crippen LogP contribution in [0.1, 0.15) is 30.4 Å². The van der Waals surface area contributed by atoms with Crippen molar-refractivity contribution in [2.75, 3.05) is 19.6 Å². The standard InChI is InChI=1S/C16H20N6O4S.ClH/c23-22(24)13-3-1-2-4-14(13)27(25,26)20-8-5-12(6-9-20)16-19-18-15-11-17-7-10-21(15)16;/h1-4,12,17H,5-11H2;1H. The average Bonchev–Trinajstić information content (AvgIpc) is 3.12. The molecule has 1 aromatic heterocycles. The minimum atomic E-state index is -3.91. The van der Waals surface area contributed by atoms with Crippen molar-refractivity contribution in [1.29, 1.82) is 0 Å². The van der Waals surface area contributed by atoms with Crippen LogP contribution in [0.5, 0.6) is 0 Å². The van der Waals surface area contributed by atoms with Gasteiger partial charge in [0.2, 0.25) is 10.0 Å². The molecule has 0 amide bonds. The molecule has 0 atom stereocenters. The third-order valence-corrected chi connectivity index (χ3v) is 7.10. The summed E-state index contributed by atoms with van der Waals surface area (Å²) >= 11 is 0. The molecule has 12 heteroatoms. The van der Waals surface area contributed by atoms with Gasteiger partial charge in [0.15, 0.2) is 4.90 Å². The van der Waals surface area contributed by atoms with Crippen molar-refractivity contribution in [1.82, 2.24) is 24.4 Å². The molecule has 1 fully saturated rings. The molecule has 0 aliphatic carbocycles. The van der Waals surface area contributed by atoms with Gasteiger partial charge >= 0.3 is 0 Å². The van der Waals surface area contributed by atoms with Crippen LogP contribution >= 0.6 is 12.4 Å². The molecular formula is C16H21ClN6O4S. The Morgan fingerprint density at radius 3 is 2.57 bits per heavy atom. The van der Waals surface area contributed by atoms with E-state index in [1.54, 1.807) is 0 Å². The number of nitrogens with zero attached hydrogens (tertiary/aromatic N) is 5. The largest absolute Gasteiger partial charge is 0.312 e. The molecule has 28 heavy (non-hydrogen) atoms. The summed E-state index contributed by atoms with van der Waals surface area (Å²) in [5, 5.41) is 23.0. The number of nitrogens with one attached hydrogen (secondary N) is 1. The molecule has 0 spiro atoms. The molecular weight excluding hydrogens is 408 g/mol. The van der Waals surface area contributed by atoms with E-state index >= 15 is 0 Å². The van der Waals surface area contributed by atoms with E-state index < -0.39 is 20.6 Å². The van der Waals surface area contributed by atoms with Crippen LogP contribution < -0.4 is 5.32 Å². The Hall–Kier alpha value is -2.08. The van der Waals surface area contributed by atoms with E-state index in [2.05, 4.69) is 20.1 Å². The fourth-order valence-corrected chi connectivity index (χ4v) is 5.36. The van der Waals surface area contributed by atoms with E-state index in [-0.39, 0.29) is 23.2 Å². The number of rotatable bonds is 4. The van der Waals surface area contributed by atoms with E-state index in [1.807, 2.05) is 0 Å². The van der Waals surface area contributed by atoms with Gasteiger partial charge in [0, 0.05) is 38.2 Å². The first-order chi connectivity index (χ1) is 13.0. The minimum Gasteiger partial charge on any atom is -0.312 e. The van der Waals surface area contributed by atoms with E-state index in [4.69, 9.17) is 0 Å². The third kappa shape index (κ3) is 3.62. The van der Waals surface area contributed by atoms with Crippen molar-refractivity contribution in [3.8, 4) is 0 Å². The highest BCUT2D eigenvalue weighted by molar-refractivity contribution is 7.89. The maximum Gasteiger partial charge on any atom is 0.289 e. The second kappa shape index (κ2) is 8.11. The average molecular weight is 429 g/mol. The zero-order valence-electron chi connectivity index (χ0n) is 15.0. The number of hydrogen-bond donors (Lipinski definition) is 1. The van der Waals surface area contributed by atoms with Gasteiger partial charge in [-0.2, -0.15) is 4.31 Å². The second-order valence-electron chi connectivity index (χ2n) is 6.71. The number of piperidine rings is 1. The van der Waals surface area contributed by atoms with Crippen molar-refractivity contribution in [3.63, 3.8) is 0 Å². The summed E-state index contributed by atoms with van der Waals surface area (Å²) in [6.45, 7) is 2.98. The van der Waals surface area contributed by atoms with Crippen molar-refractivity contribution >= 4 is 28.1 Å². The lowest BCUT2D eigenvalue weighted by Gasteiger charge is -2.31. The number of nitro groups is 1. The maximum atomic E-state index is 12.9. The molecule has 0 radical (unpaired) electrons. The molecule has 10 nitrogen and oxygen atoms in total. The van der Waals surface area contributed by atoms with Crippen molar-refractivity contribution < 1.29 is 13.3 Å². The molecule has 2 aromatic rings. The summed E-state index contributed by atoms with van der Waals surface area (Å²) in [5.74, 6) is 1.96. The number of aromatic nitrogens is 3. The number of hydrogen-bond acceptors (Lipinski definition) is 7. The summed E-state index contributed by atoms with van der Waals surface area (Å²) in [7, 11) is -3.91. The molecule has 2 aliphatic heterocycles. The van der Waals surface area contributed by atoms with Crippen molar-refractivity contribution in [2.45, 2.75) is 36.7 Å². The van der Waals surface area contributed by atoms with Crippen molar-refractivity contribution in [2.24, 2.45) is 0 Å². The van der Waals surface area contributed by atoms with Crippen LogP contribution in [0.4, 0.5) is 5.69 Å². The highest BCUT2D eigenvalue weighted by Gasteiger charge is 2.35. The van der Waals surface area contributed by atoms with Crippen LogP contribution in [-0.2, 0) is 23.1 Å². The zero-order chi connectivity index (χ0) is 19.0.